The molecule has 5 atom stereocenters. The summed E-state index contributed by atoms with van der Waals surface area (Å²) in [7, 11) is 0. The molecule has 1 aromatic heterocycles. The molecule has 2 fully saturated rings. The van der Waals surface area contributed by atoms with Crippen molar-refractivity contribution in [1.82, 2.24) is 25.3 Å². The van der Waals surface area contributed by atoms with Crippen LogP contribution in [-0.2, 0) is 56.6 Å². The summed E-state index contributed by atoms with van der Waals surface area (Å²) in [5, 5.41) is 9.87. The number of hydrogen-bond acceptors (Lipinski definition) is 8. The maximum atomic E-state index is 14.2. The first-order valence-electron chi connectivity index (χ1n) is 14.3. The van der Waals surface area contributed by atoms with Gasteiger partial charge in [-0.15, -0.1) is 6.58 Å². The number of amides is 3. The van der Waals surface area contributed by atoms with Crippen molar-refractivity contribution in [1.29, 1.82) is 0 Å². The second-order valence-corrected chi connectivity index (χ2v) is 13.2. The molecule has 13 heteroatoms. The van der Waals surface area contributed by atoms with Gasteiger partial charge in [-0.05, 0) is 58.6 Å². The molecule has 235 valence electrons. The number of nitrogens with one attached hydrogen (secondary N) is 2. The Kier molecular flexibility index (Phi) is 11.6. The maximum absolute atomic E-state index is 14.2. The van der Waals surface area contributed by atoms with Gasteiger partial charge in [0.2, 0.25) is 11.8 Å². The van der Waals surface area contributed by atoms with Gasteiger partial charge in [0.25, 0.3) is 0 Å². The molecule has 1 saturated heterocycles. The van der Waals surface area contributed by atoms with Crippen LogP contribution in [0.1, 0.15) is 78.6 Å². The van der Waals surface area contributed by atoms with Crippen LogP contribution in [0.15, 0.2) is 17.4 Å². The van der Waals surface area contributed by atoms with Gasteiger partial charge in [0.05, 0.1) is 12.6 Å². The molecule has 0 spiro atoms. The van der Waals surface area contributed by atoms with Crippen molar-refractivity contribution >= 4 is 23.9 Å². The zero-order valence-corrected chi connectivity index (χ0v) is 29.5. The summed E-state index contributed by atoms with van der Waals surface area (Å²) in [6.45, 7) is 19.4. The molecule has 1 aromatic rings. The largest absolute Gasteiger partial charge is 0.464 e. The Morgan fingerprint density at radius 3 is 2.33 bits per heavy atom. The van der Waals surface area contributed by atoms with Crippen molar-refractivity contribution in [2.45, 2.75) is 104 Å². The molecule has 0 unspecified atom stereocenters. The van der Waals surface area contributed by atoms with Gasteiger partial charge in [-0.2, -0.15) is 5.56 Å². The Labute approximate surface area is 278 Å². The number of likely N-dealkylation sites (tertiary alicyclic amines) is 1. The predicted molar refractivity (Wildman–Crippen MR) is 154 cm³/mol. The minimum absolute atomic E-state index is 0. The van der Waals surface area contributed by atoms with Crippen LogP contribution in [0.5, 0.6) is 0 Å². The van der Waals surface area contributed by atoms with Gasteiger partial charge in [-0.1, -0.05) is 33.8 Å². The predicted octanol–water partition coefficient (Wildman–Crippen LogP) is 2.36. The van der Waals surface area contributed by atoms with Crippen LogP contribution >= 0.6 is 0 Å². The van der Waals surface area contributed by atoms with Gasteiger partial charge in [-0.3, -0.25) is 9.59 Å². The van der Waals surface area contributed by atoms with E-state index in [2.05, 4.69) is 28.4 Å². The Balaban J connectivity index is 0.00000645. The van der Waals surface area contributed by atoms with Crippen LogP contribution in [0, 0.1) is 31.2 Å². The number of aromatic nitrogens is 2. The van der Waals surface area contributed by atoms with Crippen molar-refractivity contribution < 1.29 is 61.4 Å². The van der Waals surface area contributed by atoms with E-state index in [1.165, 1.54) is 9.58 Å². The molecule has 12 nitrogen and oxygen atoms in total. The summed E-state index contributed by atoms with van der Waals surface area (Å²) < 4.78 is 11.9. The molecule has 43 heavy (non-hydrogen) atoms. The molecule has 2 aliphatic rings. The average Bonchev–Trinajstić information content (AvgIpc) is 3.39. The third-order valence-corrected chi connectivity index (χ3v) is 7.42. The number of carbonyl (C=O) groups is 4. The van der Waals surface area contributed by atoms with E-state index in [9.17, 15) is 24.0 Å². The molecule has 0 aromatic carbocycles. The van der Waals surface area contributed by atoms with Gasteiger partial charge in [-0.25, -0.2) is 20.8 Å². The van der Waals surface area contributed by atoms with E-state index >= 15 is 0 Å². The number of nitrogens with zero attached hydrogens (tertiary/aromatic N) is 3. The van der Waals surface area contributed by atoms with Crippen LogP contribution in [-0.4, -0.2) is 74.9 Å². The molecule has 1 aliphatic carbocycles. The number of ether oxygens (including phenoxy) is 2. The van der Waals surface area contributed by atoms with E-state index in [0.717, 1.165) is 0 Å². The summed E-state index contributed by atoms with van der Waals surface area (Å²) >= 11 is 0. The molecule has 1 aliphatic heterocycles. The second kappa shape index (κ2) is 13.6. The van der Waals surface area contributed by atoms with Crippen molar-refractivity contribution in [3.63, 3.8) is 0 Å². The summed E-state index contributed by atoms with van der Waals surface area (Å²) in [4.78, 5) is 68.1. The third kappa shape index (κ3) is 8.32. The number of carbonyl (C=O) groups excluding carboxylic acids is 4. The zero-order chi connectivity index (χ0) is 31.8. The van der Waals surface area contributed by atoms with E-state index in [1.54, 1.807) is 68.4 Å². The quantitative estimate of drug-likeness (QED) is 0.243. The van der Waals surface area contributed by atoms with Gasteiger partial charge < -0.3 is 34.5 Å². The van der Waals surface area contributed by atoms with E-state index in [4.69, 9.17) is 9.47 Å². The summed E-state index contributed by atoms with van der Waals surface area (Å²) in [5.74, 6) is -1.99. The van der Waals surface area contributed by atoms with E-state index in [0.29, 0.717) is 17.7 Å². The minimum atomic E-state index is -1.27. The van der Waals surface area contributed by atoms with Crippen molar-refractivity contribution in [3.05, 3.63) is 40.3 Å². The molecule has 3 amide bonds. The topological polar surface area (TPSA) is 149 Å². The van der Waals surface area contributed by atoms with Crippen molar-refractivity contribution in [3.8, 4) is 0 Å². The van der Waals surface area contributed by atoms with E-state index < -0.39 is 58.6 Å². The maximum Gasteiger partial charge on any atom is 0.408 e. The fraction of sp³-hybridized carbons (Fsp3) is 0.667. The van der Waals surface area contributed by atoms with Gasteiger partial charge in [0.1, 0.15) is 28.8 Å². The number of esters is 1. The summed E-state index contributed by atoms with van der Waals surface area (Å²) in [6, 6.07) is 0.122. The summed E-state index contributed by atoms with van der Waals surface area (Å²) in [6.07, 6.45) is 1.20. The van der Waals surface area contributed by atoms with E-state index in [-0.39, 0.29) is 63.8 Å². The Morgan fingerprint density at radius 1 is 1.19 bits per heavy atom. The van der Waals surface area contributed by atoms with Crippen LogP contribution < -0.4 is 16.2 Å². The Morgan fingerprint density at radius 2 is 1.81 bits per heavy atom. The normalized spacial score (nSPS) is 23.8. The van der Waals surface area contributed by atoms with Gasteiger partial charge >= 0.3 is 12.1 Å². The first-order valence-corrected chi connectivity index (χ1v) is 14.3. The average molecular weight is 676 g/mol. The molecule has 1 saturated carbocycles. The van der Waals surface area contributed by atoms with Crippen molar-refractivity contribution in [2.24, 2.45) is 11.3 Å². The number of alkyl carbamates (subject to hydrolysis) is 1. The minimum Gasteiger partial charge on any atom is -0.464 e. The molecule has 0 bridgehead atoms. The van der Waals surface area contributed by atoms with Gasteiger partial charge in [0.15, 0.2) is 0 Å². The monoisotopic (exact) mass is 675 g/mol. The summed E-state index contributed by atoms with van der Waals surface area (Å²) in [5.41, 5.74) is -2.37. The molecular weight excluding hydrogens is 631 g/mol. The van der Waals surface area contributed by atoms with Crippen LogP contribution in [0.3, 0.4) is 0 Å². The number of aryl methyl sites for hydroxylation is 2. The van der Waals surface area contributed by atoms with E-state index in [1.807, 2.05) is 0 Å². The second-order valence-electron chi connectivity index (χ2n) is 13.2. The molecule has 1 radical (unpaired) electrons. The Hall–Kier alpha value is -2.60. The molecule has 3 rings (SSSR count). The standard InChI is InChI=1S/C30H44N5O7.Y/c1-11-19-15-30(19,26(39)41-12-2)32-23(36)21-14-20(35-24(37)17(3)13-18(4)33-35)16-34(21)25(38)22(28(5,6)7)31-27(40)42-29(8,9)10;/h11,19-22H,1,12,14-16H2,2-10H3,(H,31,40)(H,32,36);/q-1;/t19-,20-,21+,22-,30-;/m1./s1. The van der Waals surface area contributed by atoms with Gasteiger partial charge in [0, 0.05) is 45.2 Å². The van der Waals surface area contributed by atoms with Crippen LogP contribution in [0.2, 0.25) is 0 Å². The molecule has 2 N–H and O–H groups in total. The number of rotatable bonds is 8. The number of hydrogen-bond donors (Lipinski definition) is 2. The van der Waals surface area contributed by atoms with Crippen LogP contribution in [0.25, 0.3) is 0 Å². The zero-order valence-electron chi connectivity index (χ0n) is 26.7. The third-order valence-electron chi connectivity index (χ3n) is 7.42. The molecular formula is C30H44N5O7Y-. The molecule has 2 heterocycles. The fourth-order valence-electron chi connectivity index (χ4n) is 5.26. The first kappa shape index (κ1) is 36.6. The van der Waals surface area contributed by atoms with Crippen molar-refractivity contribution in [2.75, 3.05) is 13.2 Å². The smallest absolute Gasteiger partial charge is 0.408 e. The Bertz CT molecular complexity index is 1320. The van der Waals surface area contributed by atoms with Crippen LogP contribution in [0.4, 0.5) is 4.79 Å². The fourth-order valence-corrected chi connectivity index (χ4v) is 5.26. The first-order chi connectivity index (χ1) is 19.3. The SMILES string of the molecule is C=C[C@@H]1C[C@]1(NC(=O)[C@@H]1C[C@@H](n2nc(C)[c-]c(C)c2=O)CN1C(=O)[C@@H](NC(=O)OC(C)(C)C)C(C)(C)C)C(=O)OCC.[Y].